The minimum atomic E-state index is -0.141. The largest absolute Gasteiger partial charge is 0.372 e. The van der Waals surface area contributed by atoms with Crippen LogP contribution in [0.5, 0.6) is 0 Å². The Morgan fingerprint density at radius 1 is 1.42 bits per heavy atom. The van der Waals surface area contributed by atoms with E-state index in [2.05, 4.69) is 23.1 Å². The van der Waals surface area contributed by atoms with Gasteiger partial charge in [0.2, 0.25) is 0 Å². The number of nitrogens with zero attached hydrogens (tertiary/aromatic N) is 3. The second-order valence-corrected chi connectivity index (χ2v) is 5.74. The lowest BCUT2D eigenvalue weighted by molar-refractivity contribution is -0.0279. The van der Waals surface area contributed by atoms with Crippen LogP contribution in [0.1, 0.15) is 19.5 Å². The van der Waals surface area contributed by atoms with E-state index in [0.717, 1.165) is 36.9 Å². The lowest BCUT2D eigenvalue weighted by Gasteiger charge is -2.38. The van der Waals surface area contributed by atoms with Gasteiger partial charge in [0.25, 0.3) is 0 Å². The average Bonchev–Trinajstić information content (AvgIpc) is 2.76. The molecule has 0 aliphatic carbocycles. The van der Waals surface area contributed by atoms with Crippen LogP contribution < -0.4 is 4.90 Å². The van der Waals surface area contributed by atoms with Crippen molar-refractivity contribution in [2.75, 3.05) is 24.6 Å². The molecule has 3 heterocycles. The Kier molecular flexibility index (Phi) is 3.15. The van der Waals surface area contributed by atoms with E-state index in [9.17, 15) is 0 Å². The van der Waals surface area contributed by atoms with Crippen LogP contribution in [0, 0.1) is 0 Å². The van der Waals surface area contributed by atoms with Gasteiger partial charge in [-0.25, -0.2) is 4.98 Å². The van der Waals surface area contributed by atoms with Gasteiger partial charge in [-0.15, -0.1) is 11.6 Å². The van der Waals surface area contributed by atoms with E-state index >= 15 is 0 Å². The van der Waals surface area contributed by atoms with E-state index in [0.29, 0.717) is 5.88 Å². The Hall–Kier alpha value is -1.26. The van der Waals surface area contributed by atoms with Crippen LogP contribution in [0.2, 0.25) is 0 Å². The third-order valence-electron chi connectivity index (χ3n) is 3.46. The van der Waals surface area contributed by atoms with E-state index in [1.54, 1.807) is 0 Å². The molecular formula is C14H18ClN3O. The molecule has 0 aromatic carbocycles. The zero-order chi connectivity index (χ0) is 13.5. The molecule has 0 amide bonds. The van der Waals surface area contributed by atoms with Crippen molar-refractivity contribution in [3.8, 4) is 0 Å². The molecule has 1 saturated heterocycles. The van der Waals surface area contributed by atoms with Crippen molar-refractivity contribution in [1.29, 1.82) is 0 Å². The zero-order valence-electron chi connectivity index (χ0n) is 11.3. The van der Waals surface area contributed by atoms with Crippen LogP contribution in [0.15, 0.2) is 24.4 Å². The summed E-state index contributed by atoms with van der Waals surface area (Å²) in [6.45, 7) is 6.63. The molecule has 1 aliphatic heterocycles. The molecule has 0 unspecified atom stereocenters. The first-order chi connectivity index (χ1) is 9.11. The Balaban J connectivity index is 2.04. The normalized spacial score (nSPS) is 19.0. The smallest absolute Gasteiger partial charge is 0.152 e. The lowest BCUT2D eigenvalue weighted by atomic mass is 10.1. The molecule has 0 N–H and O–H groups in total. The molecule has 0 spiro atoms. The number of rotatable bonds is 2. The lowest BCUT2D eigenvalue weighted by Crippen LogP contribution is -2.48. The highest BCUT2D eigenvalue weighted by molar-refractivity contribution is 6.17. The molecule has 4 nitrogen and oxygen atoms in total. The van der Waals surface area contributed by atoms with Crippen molar-refractivity contribution in [3.63, 3.8) is 0 Å². The topological polar surface area (TPSA) is 29.8 Å². The maximum absolute atomic E-state index is 6.12. The molecule has 0 radical (unpaired) electrons. The van der Waals surface area contributed by atoms with Crippen LogP contribution in [-0.4, -0.2) is 34.7 Å². The van der Waals surface area contributed by atoms with Gasteiger partial charge in [-0.2, -0.15) is 0 Å². The second-order valence-electron chi connectivity index (χ2n) is 5.47. The quantitative estimate of drug-likeness (QED) is 0.792. The third-order valence-corrected chi connectivity index (χ3v) is 3.71. The van der Waals surface area contributed by atoms with Crippen molar-refractivity contribution in [1.82, 2.24) is 9.38 Å². The Labute approximate surface area is 117 Å². The summed E-state index contributed by atoms with van der Waals surface area (Å²) in [4.78, 5) is 6.99. The fraction of sp³-hybridized carbons (Fsp3) is 0.500. The molecule has 3 rings (SSSR count). The highest BCUT2D eigenvalue weighted by atomic mass is 35.5. The minimum absolute atomic E-state index is 0.141. The highest BCUT2D eigenvalue weighted by Crippen LogP contribution is 2.27. The third kappa shape index (κ3) is 2.30. The van der Waals surface area contributed by atoms with Crippen LogP contribution in [0.25, 0.3) is 5.65 Å². The Morgan fingerprint density at radius 3 is 3.00 bits per heavy atom. The number of hydrogen-bond acceptors (Lipinski definition) is 3. The Bertz CT molecular complexity index is 593. The van der Waals surface area contributed by atoms with Gasteiger partial charge >= 0.3 is 0 Å². The second kappa shape index (κ2) is 4.69. The van der Waals surface area contributed by atoms with Gasteiger partial charge in [0.1, 0.15) is 5.65 Å². The average molecular weight is 280 g/mol. The number of fused-ring (bicyclic) bond motifs is 1. The van der Waals surface area contributed by atoms with Gasteiger partial charge in [0, 0.05) is 19.3 Å². The maximum Gasteiger partial charge on any atom is 0.152 e. The van der Waals surface area contributed by atoms with Crippen LogP contribution in [-0.2, 0) is 10.6 Å². The summed E-state index contributed by atoms with van der Waals surface area (Å²) in [7, 11) is 0. The van der Waals surface area contributed by atoms with Gasteiger partial charge in [-0.1, -0.05) is 6.07 Å². The summed E-state index contributed by atoms with van der Waals surface area (Å²) in [6, 6.07) is 6.00. The fourth-order valence-corrected chi connectivity index (χ4v) is 2.86. The predicted octanol–water partition coefficient (Wildman–Crippen LogP) is 2.69. The van der Waals surface area contributed by atoms with Crippen molar-refractivity contribution in [3.05, 3.63) is 30.1 Å². The van der Waals surface area contributed by atoms with Crippen LogP contribution >= 0.6 is 11.6 Å². The number of halogens is 1. The minimum Gasteiger partial charge on any atom is -0.372 e. The summed E-state index contributed by atoms with van der Waals surface area (Å²) in [6.07, 6.45) is 2.01. The van der Waals surface area contributed by atoms with Crippen molar-refractivity contribution >= 4 is 23.1 Å². The van der Waals surface area contributed by atoms with E-state index in [-0.39, 0.29) is 5.60 Å². The summed E-state index contributed by atoms with van der Waals surface area (Å²) < 4.78 is 7.82. The monoisotopic (exact) mass is 279 g/mol. The van der Waals surface area contributed by atoms with E-state index < -0.39 is 0 Å². The van der Waals surface area contributed by atoms with Crippen LogP contribution in [0.3, 0.4) is 0 Å². The molecule has 0 saturated carbocycles. The molecule has 0 bridgehead atoms. The van der Waals surface area contributed by atoms with Gasteiger partial charge in [0.05, 0.1) is 23.8 Å². The number of pyridine rings is 1. The van der Waals surface area contributed by atoms with Gasteiger partial charge in [-0.05, 0) is 26.0 Å². The number of aromatic nitrogens is 2. The molecule has 1 fully saturated rings. The predicted molar refractivity (Wildman–Crippen MR) is 77.0 cm³/mol. The maximum atomic E-state index is 6.12. The fourth-order valence-electron chi connectivity index (χ4n) is 2.61. The highest BCUT2D eigenvalue weighted by Gasteiger charge is 2.30. The van der Waals surface area contributed by atoms with Crippen molar-refractivity contribution in [2.24, 2.45) is 0 Å². The number of morpholine rings is 1. The van der Waals surface area contributed by atoms with E-state index in [4.69, 9.17) is 21.3 Å². The molecule has 1 aliphatic rings. The number of anilines is 1. The summed E-state index contributed by atoms with van der Waals surface area (Å²) in [5.41, 5.74) is 1.85. The molecule has 0 atom stereocenters. The number of hydrogen-bond donors (Lipinski definition) is 0. The number of ether oxygens (including phenoxy) is 1. The molecule has 2 aromatic rings. The van der Waals surface area contributed by atoms with Crippen LogP contribution in [0.4, 0.5) is 5.82 Å². The molecular weight excluding hydrogens is 262 g/mol. The Morgan fingerprint density at radius 2 is 2.26 bits per heavy atom. The number of imidazole rings is 1. The molecule has 2 aromatic heterocycles. The van der Waals surface area contributed by atoms with E-state index in [1.807, 2.05) is 24.4 Å². The molecule has 102 valence electrons. The number of alkyl halides is 1. The first-order valence-electron chi connectivity index (χ1n) is 6.51. The van der Waals surface area contributed by atoms with Gasteiger partial charge < -0.3 is 14.0 Å². The van der Waals surface area contributed by atoms with Crippen molar-refractivity contribution in [2.45, 2.75) is 25.3 Å². The first-order valence-corrected chi connectivity index (χ1v) is 7.05. The van der Waals surface area contributed by atoms with Gasteiger partial charge in [-0.3, -0.25) is 0 Å². The summed E-state index contributed by atoms with van der Waals surface area (Å²) >= 11 is 6.12. The van der Waals surface area contributed by atoms with Gasteiger partial charge in [0.15, 0.2) is 5.82 Å². The van der Waals surface area contributed by atoms with Crippen molar-refractivity contribution < 1.29 is 4.74 Å². The SMILES string of the molecule is CC1(C)CN(c2nc3ccccn3c2CCl)CCO1. The van der Waals surface area contributed by atoms with E-state index in [1.165, 1.54) is 0 Å². The summed E-state index contributed by atoms with van der Waals surface area (Å²) in [5.74, 6) is 1.44. The first kappa shape index (κ1) is 12.8. The summed E-state index contributed by atoms with van der Waals surface area (Å²) in [5, 5.41) is 0. The molecule has 19 heavy (non-hydrogen) atoms. The standard InChI is InChI=1S/C14H18ClN3O/c1-14(2)10-17(7-8-19-14)13-11(9-15)18-6-4-3-5-12(18)16-13/h3-6H,7-10H2,1-2H3. The molecule has 5 heteroatoms. The zero-order valence-corrected chi connectivity index (χ0v) is 12.0.